The Morgan fingerprint density at radius 3 is 2.84 bits per heavy atom. The molecule has 1 rings (SSSR count). The maximum Gasteiger partial charge on any atom is 0.258 e. The minimum Gasteiger partial charge on any atom is -0.483 e. The van der Waals surface area contributed by atoms with E-state index in [0.717, 1.165) is 11.3 Å². The Kier molecular flexibility index (Phi) is 6.92. The van der Waals surface area contributed by atoms with E-state index in [1.54, 1.807) is 7.11 Å². The van der Waals surface area contributed by atoms with Crippen molar-refractivity contribution in [1.29, 1.82) is 0 Å². The van der Waals surface area contributed by atoms with Crippen LogP contribution in [0, 0.1) is 6.92 Å². The van der Waals surface area contributed by atoms with Crippen molar-refractivity contribution in [3.63, 3.8) is 0 Å². The van der Waals surface area contributed by atoms with Crippen molar-refractivity contribution in [3.8, 4) is 5.75 Å². The van der Waals surface area contributed by atoms with Crippen LogP contribution in [-0.2, 0) is 16.1 Å². The third kappa shape index (κ3) is 5.72. The Balaban J connectivity index is 2.50. The van der Waals surface area contributed by atoms with E-state index in [9.17, 15) is 4.79 Å². The normalized spacial score (nSPS) is 10.3. The molecule has 1 aromatic carbocycles. The van der Waals surface area contributed by atoms with E-state index in [1.165, 1.54) is 5.56 Å². The molecule has 0 spiro atoms. The first kappa shape index (κ1) is 15.5. The van der Waals surface area contributed by atoms with Crippen molar-refractivity contribution < 1.29 is 14.3 Å². The summed E-state index contributed by atoms with van der Waals surface area (Å²) in [5.41, 5.74) is 2.22. The van der Waals surface area contributed by atoms with Crippen molar-refractivity contribution >= 4 is 5.91 Å². The number of carbonyl (C=O) groups excluding carboxylic acids is 1. The van der Waals surface area contributed by atoms with Crippen LogP contribution in [0.4, 0.5) is 0 Å². The summed E-state index contributed by atoms with van der Waals surface area (Å²) in [4.78, 5) is 11.5. The highest BCUT2D eigenvalue weighted by Gasteiger charge is 2.06. The Morgan fingerprint density at radius 1 is 1.37 bits per heavy atom. The first-order valence-electron chi connectivity index (χ1n) is 6.30. The smallest absolute Gasteiger partial charge is 0.258 e. The largest absolute Gasteiger partial charge is 0.483 e. The summed E-state index contributed by atoms with van der Waals surface area (Å²) >= 11 is 0. The highest BCUT2D eigenvalue weighted by atomic mass is 16.5. The van der Waals surface area contributed by atoms with Gasteiger partial charge in [-0.2, -0.15) is 0 Å². The van der Waals surface area contributed by atoms with Gasteiger partial charge in [0.05, 0.1) is 6.61 Å². The lowest BCUT2D eigenvalue weighted by Gasteiger charge is -2.12. The molecule has 1 amide bonds. The number of hydrogen-bond donors (Lipinski definition) is 2. The molecule has 0 saturated carbocycles. The number of aryl methyl sites for hydroxylation is 1. The fraction of sp³-hybridized carbons (Fsp3) is 0.500. The molecule has 0 unspecified atom stereocenters. The monoisotopic (exact) mass is 266 g/mol. The number of methoxy groups -OCH3 is 1. The Labute approximate surface area is 114 Å². The van der Waals surface area contributed by atoms with E-state index in [1.807, 2.05) is 26.1 Å². The Bertz CT molecular complexity index is 408. The Morgan fingerprint density at radius 2 is 2.16 bits per heavy atom. The van der Waals surface area contributed by atoms with Gasteiger partial charge in [0, 0.05) is 25.8 Å². The first-order valence-corrected chi connectivity index (χ1v) is 6.30. The van der Waals surface area contributed by atoms with Crippen molar-refractivity contribution in [3.05, 3.63) is 29.3 Å². The van der Waals surface area contributed by atoms with Gasteiger partial charge in [-0.3, -0.25) is 4.79 Å². The minimum absolute atomic E-state index is 0.0174. The summed E-state index contributed by atoms with van der Waals surface area (Å²) in [5.74, 6) is 0.592. The van der Waals surface area contributed by atoms with Gasteiger partial charge in [-0.15, -0.1) is 0 Å². The number of ether oxygens (including phenoxy) is 2. The second-order valence-corrected chi connectivity index (χ2v) is 4.27. The standard InChI is InChI=1S/C14H22N2O3/c1-11-4-5-13(12(8-11)9-15-2)19-10-14(17)16-6-7-18-3/h4-5,8,15H,6-7,9-10H2,1-3H3,(H,16,17). The molecular weight excluding hydrogens is 244 g/mol. The van der Waals surface area contributed by atoms with E-state index in [4.69, 9.17) is 9.47 Å². The maximum absolute atomic E-state index is 11.5. The second kappa shape index (κ2) is 8.50. The van der Waals surface area contributed by atoms with Crippen molar-refractivity contribution in [2.24, 2.45) is 0 Å². The molecule has 5 heteroatoms. The van der Waals surface area contributed by atoms with Crippen LogP contribution in [0.3, 0.4) is 0 Å². The van der Waals surface area contributed by atoms with Gasteiger partial charge in [0.15, 0.2) is 6.61 Å². The molecule has 0 bridgehead atoms. The zero-order valence-electron chi connectivity index (χ0n) is 11.8. The minimum atomic E-state index is -0.145. The predicted molar refractivity (Wildman–Crippen MR) is 74.3 cm³/mol. The van der Waals surface area contributed by atoms with Crippen LogP contribution in [0.15, 0.2) is 18.2 Å². The highest BCUT2D eigenvalue weighted by molar-refractivity contribution is 5.77. The molecule has 2 N–H and O–H groups in total. The predicted octanol–water partition coefficient (Wildman–Crippen LogP) is 0.856. The summed E-state index contributed by atoms with van der Waals surface area (Å²) in [5, 5.41) is 5.80. The van der Waals surface area contributed by atoms with Crippen LogP contribution < -0.4 is 15.4 Å². The Hall–Kier alpha value is -1.59. The molecule has 0 aliphatic heterocycles. The van der Waals surface area contributed by atoms with Gasteiger partial charge >= 0.3 is 0 Å². The molecule has 1 aromatic rings. The van der Waals surface area contributed by atoms with Crippen LogP contribution >= 0.6 is 0 Å². The fourth-order valence-electron chi connectivity index (χ4n) is 1.66. The lowest BCUT2D eigenvalue weighted by Crippen LogP contribution is -2.31. The van der Waals surface area contributed by atoms with Crippen LogP contribution in [0.2, 0.25) is 0 Å². The molecule has 0 fully saturated rings. The third-order valence-electron chi connectivity index (χ3n) is 2.57. The van der Waals surface area contributed by atoms with Gasteiger partial charge in [0.25, 0.3) is 5.91 Å². The summed E-state index contributed by atoms with van der Waals surface area (Å²) < 4.78 is 10.4. The zero-order chi connectivity index (χ0) is 14.1. The summed E-state index contributed by atoms with van der Waals surface area (Å²) in [6.07, 6.45) is 0. The van der Waals surface area contributed by atoms with Gasteiger partial charge in [0.1, 0.15) is 5.75 Å². The number of carbonyl (C=O) groups is 1. The molecule has 0 atom stereocenters. The van der Waals surface area contributed by atoms with E-state index in [2.05, 4.69) is 16.7 Å². The third-order valence-corrected chi connectivity index (χ3v) is 2.57. The molecule has 19 heavy (non-hydrogen) atoms. The van der Waals surface area contributed by atoms with Crippen molar-refractivity contribution in [1.82, 2.24) is 10.6 Å². The lowest BCUT2D eigenvalue weighted by molar-refractivity contribution is -0.123. The lowest BCUT2D eigenvalue weighted by atomic mass is 10.1. The van der Waals surface area contributed by atoms with Crippen LogP contribution in [0.1, 0.15) is 11.1 Å². The number of nitrogens with one attached hydrogen (secondary N) is 2. The van der Waals surface area contributed by atoms with Gasteiger partial charge in [-0.05, 0) is 20.0 Å². The summed E-state index contributed by atoms with van der Waals surface area (Å²) in [7, 11) is 3.47. The number of amides is 1. The fourth-order valence-corrected chi connectivity index (χ4v) is 1.66. The van der Waals surface area contributed by atoms with Gasteiger partial charge in [0.2, 0.25) is 0 Å². The quantitative estimate of drug-likeness (QED) is 0.685. The second-order valence-electron chi connectivity index (χ2n) is 4.27. The molecule has 106 valence electrons. The average Bonchev–Trinajstić information content (AvgIpc) is 2.38. The van der Waals surface area contributed by atoms with Gasteiger partial charge in [-0.25, -0.2) is 0 Å². The van der Waals surface area contributed by atoms with E-state index in [-0.39, 0.29) is 12.5 Å². The van der Waals surface area contributed by atoms with Crippen LogP contribution in [-0.4, -0.2) is 39.8 Å². The van der Waals surface area contributed by atoms with Crippen LogP contribution in [0.5, 0.6) is 5.75 Å². The topological polar surface area (TPSA) is 59.6 Å². The first-order chi connectivity index (χ1) is 9.17. The molecule has 0 aliphatic carbocycles. The van der Waals surface area contributed by atoms with Gasteiger partial charge in [-0.1, -0.05) is 17.7 Å². The van der Waals surface area contributed by atoms with E-state index in [0.29, 0.717) is 19.7 Å². The van der Waals surface area contributed by atoms with Crippen molar-refractivity contribution in [2.75, 3.05) is 33.9 Å². The van der Waals surface area contributed by atoms with E-state index >= 15 is 0 Å². The zero-order valence-corrected chi connectivity index (χ0v) is 11.8. The SMILES string of the molecule is CNCc1cc(C)ccc1OCC(=O)NCCOC. The number of rotatable bonds is 8. The molecule has 0 saturated heterocycles. The van der Waals surface area contributed by atoms with Crippen LogP contribution in [0.25, 0.3) is 0 Å². The maximum atomic E-state index is 11.5. The molecule has 0 aliphatic rings. The molecule has 0 radical (unpaired) electrons. The summed E-state index contributed by atoms with van der Waals surface area (Å²) in [6.45, 7) is 3.75. The van der Waals surface area contributed by atoms with E-state index < -0.39 is 0 Å². The molecule has 0 heterocycles. The van der Waals surface area contributed by atoms with Crippen molar-refractivity contribution in [2.45, 2.75) is 13.5 Å². The summed E-state index contributed by atoms with van der Waals surface area (Å²) in [6, 6.07) is 5.91. The molecule has 5 nitrogen and oxygen atoms in total. The average molecular weight is 266 g/mol. The molecule has 0 aromatic heterocycles. The van der Waals surface area contributed by atoms with Gasteiger partial charge < -0.3 is 20.1 Å². The number of hydrogen-bond acceptors (Lipinski definition) is 4. The highest BCUT2D eigenvalue weighted by Crippen LogP contribution is 2.19. The molecular formula is C14H22N2O3. The number of benzene rings is 1.